The maximum Gasteiger partial charge on any atom is 0.409 e. The molecule has 1 aliphatic rings. The molecule has 1 fully saturated rings. The van der Waals surface area contributed by atoms with Crippen molar-refractivity contribution in [2.24, 2.45) is 0 Å². The van der Waals surface area contributed by atoms with Crippen LogP contribution in [0.25, 0.3) is 11.0 Å². The number of rotatable bonds is 2. The van der Waals surface area contributed by atoms with Crippen molar-refractivity contribution in [3.05, 3.63) is 28.5 Å². The van der Waals surface area contributed by atoms with Gasteiger partial charge in [-0.05, 0) is 24.6 Å². The molecule has 3 amide bonds. The third kappa shape index (κ3) is 3.44. The topological polar surface area (TPSA) is 75.0 Å². The second-order valence-electron chi connectivity index (χ2n) is 6.21. The highest BCUT2D eigenvalue weighted by Crippen LogP contribution is 2.34. The standard InChI is InChI=1S/C18H22ClN3O4/c1-4-15-11(2)13-9-12(10-14(19)16(13)26-15)20-17(23)21-5-7-22(8-6-21)18(24)25-3/h9-10H,4-8H2,1-3H3,(H,20,23). The minimum atomic E-state index is -0.371. The molecule has 1 N–H and O–H groups in total. The van der Waals surface area contributed by atoms with E-state index in [-0.39, 0.29) is 12.1 Å². The summed E-state index contributed by atoms with van der Waals surface area (Å²) in [7, 11) is 1.35. The number of ether oxygens (including phenoxy) is 1. The molecule has 1 aliphatic heterocycles. The van der Waals surface area contributed by atoms with Crippen LogP contribution in [0, 0.1) is 6.92 Å². The fourth-order valence-electron chi connectivity index (χ4n) is 3.16. The van der Waals surface area contributed by atoms with Crippen LogP contribution in [0.3, 0.4) is 0 Å². The van der Waals surface area contributed by atoms with Gasteiger partial charge < -0.3 is 24.3 Å². The average Bonchev–Trinajstić information content (AvgIpc) is 2.98. The monoisotopic (exact) mass is 379 g/mol. The van der Waals surface area contributed by atoms with Crippen molar-refractivity contribution in [2.45, 2.75) is 20.3 Å². The lowest BCUT2D eigenvalue weighted by Crippen LogP contribution is -2.51. The molecule has 2 heterocycles. The zero-order chi connectivity index (χ0) is 18.8. The summed E-state index contributed by atoms with van der Waals surface area (Å²) in [4.78, 5) is 27.3. The summed E-state index contributed by atoms with van der Waals surface area (Å²) in [6.07, 6.45) is 0.410. The van der Waals surface area contributed by atoms with Crippen LogP contribution in [0.5, 0.6) is 0 Å². The molecule has 0 bridgehead atoms. The highest BCUT2D eigenvalue weighted by molar-refractivity contribution is 6.35. The molecule has 7 nitrogen and oxygen atoms in total. The maximum atomic E-state index is 12.5. The number of benzene rings is 1. The summed E-state index contributed by atoms with van der Waals surface area (Å²) < 4.78 is 10.5. The van der Waals surface area contributed by atoms with Gasteiger partial charge in [0.15, 0.2) is 5.58 Å². The largest absolute Gasteiger partial charge is 0.459 e. The molecular weight excluding hydrogens is 358 g/mol. The number of aryl methyl sites for hydroxylation is 2. The number of furan rings is 1. The van der Waals surface area contributed by atoms with Crippen molar-refractivity contribution in [1.29, 1.82) is 0 Å². The average molecular weight is 380 g/mol. The molecule has 2 aromatic rings. The van der Waals surface area contributed by atoms with Crippen LogP contribution in [0.1, 0.15) is 18.2 Å². The number of hydrogen-bond acceptors (Lipinski definition) is 4. The Kier molecular flexibility index (Phi) is 5.27. The van der Waals surface area contributed by atoms with Gasteiger partial charge in [-0.25, -0.2) is 9.59 Å². The Hall–Kier alpha value is -2.41. The van der Waals surface area contributed by atoms with Gasteiger partial charge in [0.1, 0.15) is 5.76 Å². The number of nitrogens with one attached hydrogen (secondary N) is 1. The van der Waals surface area contributed by atoms with Crippen molar-refractivity contribution < 1.29 is 18.7 Å². The molecule has 1 saturated heterocycles. The number of fused-ring (bicyclic) bond motifs is 1. The highest BCUT2D eigenvalue weighted by Gasteiger charge is 2.25. The van der Waals surface area contributed by atoms with E-state index in [0.29, 0.717) is 42.5 Å². The second kappa shape index (κ2) is 7.45. The van der Waals surface area contributed by atoms with Crippen LogP contribution in [0.15, 0.2) is 16.5 Å². The lowest BCUT2D eigenvalue weighted by molar-refractivity contribution is 0.0993. The molecule has 3 rings (SSSR count). The summed E-state index contributed by atoms with van der Waals surface area (Å²) in [6.45, 7) is 5.79. The number of hydrogen-bond donors (Lipinski definition) is 1. The number of amides is 3. The van der Waals surface area contributed by atoms with E-state index in [1.54, 1.807) is 15.9 Å². The molecule has 0 saturated carbocycles. The summed E-state index contributed by atoms with van der Waals surface area (Å²) in [5.41, 5.74) is 2.30. The summed E-state index contributed by atoms with van der Waals surface area (Å²) in [5, 5.41) is 4.25. The molecule has 140 valence electrons. The number of carbonyl (C=O) groups excluding carboxylic acids is 2. The first-order valence-electron chi connectivity index (χ1n) is 8.55. The SMILES string of the molecule is CCc1oc2c(Cl)cc(NC(=O)N3CCN(C(=O)OC)CC3)cc2c1C. The molecule has 0 aliphatic carbocycles. The maximum absolute atomic E-state index is 12.5. The van der Waals surface area contributed by atoms with E-state index in [2.05, 4.69) is 5.32 Å². The fraction of sp³-hybridized carbons (Fsp3) is 0.444. The predicted octanol–water partition coefficient (Wildman–Crippen LogP) is 3.87. The first kappa shape index (κ1) is 18.4. The Morgan fingerprint density at radius 3 is 2.50 bits per heavy atom. The molecule has 26 heavy (non-hydrogen) atoms. The first-order valence-corrected chi connectivity index (χ1v) is 8.92. The predicted molar refractivity (Wildman–Crippen MR) is 99.9 cm³/mol. The van der Waals surface area contributed by atoms with Crippen LogP contribution in [-0.2, 0) is 11.2 Å². The van der Waals surface area contributed by atoms with Crippen molar-refractivity contribution in [2.75, 3.05) is 38.6 Å². The Labute approximate surface area is 156 Å². The molecule has 0 spiro atoms. The minimum Gasteiger partial charge on any atom is -0.459 e. The number of carbonyl (C=O) groups is 2. The van der Waals surface area contributed by atoms with E-state index < -0.39 is 0 Å². The van der Waals surface area contributed by atoms with Crippen LogP contribution < -0.4 is 5.32 Å². The minimum absolute atomic E-state index is 0.221. The van der Waals surface area contributed by atoms with Gasteiger partial charge in [0.05, 0.1) is 12.1 Å². The number of urea groups is 1. The lowest BCUT2D eigenvalue weighted by Gasteiger charge is -2.33. The number of nitrogens with zero attached hydrogens (tertiary/aromatic N) is 2. The molecule has 1 aromatic carbocycles. The van der Waals surface area contributed by atoms with Crippen LogP contribution in [-0.4, -0.2) is 55.2 Å². The van der Waals surface area contributed by atoms with Gasteiger partial charge in [-0.1, -0.05) is 18.5 Å². The first-order chi connectivity index (χ1) is 12.4. The highest BCUT2D eigenvalue weighted by atomic mass is 35.5. The Bertz CT molecular complexity index is 841. The van der Waals surface area contributed by atoms with E-state index >= 15 is 0 Å². The van der Waals surface area contributed by atoms with Gasteiger partial charge in [0, 0.05) is 43.7 Å². The Morgan fingerprint density at radius 1 is 1.23 bits per heavy atom. The zero-order valence-corrected chi connectivity index (χ0v) is 15.9. The van der Waals surface area contributed by atoms with Gasteiger partial charge in [0.25, 0.3) is 0 Å². The lowest BCUT2D eigenvalue weighted by atomic mass is 10.1. The third-order valence-corrected chi connectivity index (χ3v) is 4.94. The Balaban J connectivity index is 1.72. The van der Waals surface area contributed by atoms with E-state index in [1.807, 2.05) is 19.9 Å². The van der Waals surface area contributed by atoms with Gasteiger partial charge in [-0.3, -0.25) is 0 Å². The number of halogens is 1. The van der Waals surface area contributed by atoms with Crippen LogP contribution >= 0.6 is 11.6 Å². The summed E-state index contributed by atoms with van der Waals surface area (Å²) in [6, 6.07) is 3.35. The molecular formula is C18H22ClN3O4. The van der Waals surface area contributed by atoms with Gasteiger partial charge in [0.2, 0.25) is 0 Å². The molecule has 1 aromatic heterocycles. The summed E-state index contributed by atoms with van der Waals surface area (Å²) >= 11 is 6.33. The van der Waals surface area contributed by atoms with Crippen molar-refractivity contribution in [3.8, 4) is 0 Å². The number of anilines is 1. The van der Waals surface area contributed by atoms with E-state index in [9.17, 15) is 9.59 Å². The van der Waals surface area contributed by atoms with Gasteiger partial charge >= 0.3 is 12.1 Å². The molecule has 0 atom stereocenters. The number of piperazine rings is 1. The van der Waals surface area contributed by atoms with Crippen molar-refractivity contribution >= 4 is 40.4 Å². The van der Waals surface area contributed by atoms with Crippen molar-refractivity contribution in [3.63, 3.8) is 0 Å². The van der Waals surface area contributed by atoms with Gasteiger partial charge in [-0.2, -0.15) is 0 Å². The van der Waals surface area contributed by atoms with Crippen molar-refractivity contribution in [1.82, 2.24) is 9.80 Å². The zero-order valence-electron chi connectivity index (χ0n) is 15.1. The van der Waals surface area contributed by atoms with Gasteiger partial charge in [-0.15, -0.1) is 0 Å². The van der Waals surface area contributed by atoms with E-state index in [1.165, 1.54) is 7.11 Å². The molecule has 0 radical (unpaired) electrons. The van der Waals surface area contributed by atoms with Crippen LogP contribution in [0.4, 0.5) is 15.3 Å². The normalized spacial score (nSPS) is 14.6. The van der Waals surface area contributed by atoms with Crippen LogP contribution in [0.2, 0.25) is 5.02 Å². The summed E-state index contributed by atoms with van der Waals surface area (Å²) in [5.74, 6) is 0.893. The Morgan fingerprint density at radius 2 is 1.88 bits per heavy atom. The third-order valence-electron chi connectivity index (χ3n) is 4.66. The quantitative estimate of drug-likeness (QED) is 0.859. The smallest absolute Gasteiger partial charge is 0.409 e. The van der Waals surface area contributed by atoms with E-state index in [4.69, 9.17) is 20.8 Å². The second-order valence-corrected chi connectivity index (χ2v) is 6.62. The molecule has 8 heteroatoms. The fourth-order valence-corrected chi connectivity index (χ4v) is 3.42. The molecule has 0 unspecified atom stereocenters. The van der Waals surface area contributed by atoms with E-state index in [0.717, 1.165) is 23.1 Å². The number of methoxy groups -OCH3 is 1.